The van der Waals surface area contributed by atoms with E-state index in [1.807, 2.05) is 0 Å². The molecule has 0 spiro atoms. The molecule has 0 amide bonds. The van der Waals surface area contributed by atoms with Crippen LogP contribution < -0.4 is 5.73 Å². The molecule has 2 N–H and O–H groups in total. The second-order valence-corrected chi connectivity index (χ2v) is 3.36. The largest absolute Gasteiger partial charge is 0.368 e. The molecule has 0 saturated carbocycles. The molecule has 2 rings (SSSR count). The highest BCUT2D eigenvalue weighted by molar-refractivity contribution is 5.70. The number of anilines is 1. The Kier molecular flexibility index (Phi) is 2.65. The fourth-order valence-electron chi connectivity index (χ4n) is 1.51. The third kappa shape index (κ3) is 2.03. The van der Waals surface area contributed by atoms with Crippen LogP contribution in [0.15, 0.2) is 24.5 Å². The first-order valence-electron chi connectivity index (χ1n) is 4.78. The second-order valence-electron chi connectivity index (χ2n) is 3.36. The summed E-state index contributed by atoms with van der Waals surface area (Å²) in [6, 6.07) is 3.36. The van der Waals surface area contributed by atoms with Crippen molar-refractivity contribution >= 4 is 11.6 Å². The Balaban J connectivity index is 2.72. The van der Waals surface area contributed by atoms with E-state index in [9.17, 15) is 10.1 Å². The summed E-state index contributed by atoms with van der Waals surface area (Å²) in [7, 11) is 0. The monoisotopic (exact) mass is 231 g/mol. The van der Waals surface area contributed by atoms with Crippen LogP contribution in [0.5, 0.6) is 0 Å². The van der Waals surface area contributed by atoms with Crippen molar-refractivity contribution in [2.24, 2.45) is 0 Å². The third-order valence-electron chi connectivity index (χ3n) is 2.19. The van der Waals surface area contributed by atoms with Gasteiger partial charge in [-0.1, -0.05) is 0 Å². The van der Waals surface area contributed by atoms with Crippen LogP contribution in [0.4, 0.5) is 11.6 Å². The average Bonchev–Trinajstić information content (AvgIpc) is 2.28. The highest BCUT2D eigenvalue weighted by atomic mass is 16.6. The Morgan fingerprint density at radius 2 is 2.18 bits per heavy atom. The van der Waals surface area contributed by atoms with E-state index in [0.29, 0.717) is 5.56 Å². The summed E-state index contributed by atoms with van der Waals surface area (Å²) in [6.45, 7) is 1.52. The maximum absolute atomic E-state index is 11.0. The van der Waals surface area contributed by atoms with E-state index in [0.717, 1.165) is 0 Å². The van der Waals surface area contributed by atoms with Gasteiger partial charge < -0.3 is 5.73 Å². The van der Waals surface area contributed by atoms with E-state index in [1.165, 1.54) is 13.1 Å². The van der Waals surface area contributed by atoms with Crippen molar-refractivity contribution in [3.05, 3.63) is 40.3 Å². The number of hydrogen-bond acceptors (Lipinski definition) is 6. The van der Waals surface area contributed by atoms with Gasteiger partial charge in [-0.2, -0.15) is 0 Å². The van der Waals surface area contributed by atoms with Crippen LogP contribution in [0, 0.1) is 17.0 Å². The number of nitrogen functional groups attached to an aromatic ring is 1. The van der Waals surface area contributed by atoms with Crippen LogP contribution in [-0.4, -0.2) is 19.9 Å². The van der Waals surface area contributed by atoms with Crippen LogP contribution >= 0.6 is 0 Å². The van der Waals surface area contributed by atoms with Crippen molar-refractivity contribution in [2.75, 3.05) is 5.73 Å². The molecule has 17 heavy (non-hydrogen) atoms. The lowest BCUT2D eigenvalue weighted by Crippen LogP contribution is -2.04. The summed E-state index contributed by atoms with van der Waals surface area (Å²) in [4.78, 5) is 22.1. The number of aromatic nitrogens is 3. The van der Waals surface area contributed by atoms with Crippen molar-refractivity contribution < 1.29 is 4.92 Å². The van der Waals surface area contributed by atoms with Gasteiger partial charge in [0.25, 0.3) is 0 Å². The van der Waals surface area contributed by atoms with Crippen LogP contribution in [-0.2, 0) is 0 Å². The zero-order valence-electron chi connectivity index (χ0n) is 8.99. The Morgan fingerprint density at radius 3 is 2.76 bits per heavy atom. The maximum Gasteiger partial charge on any atom is 0.316 e. The fourth-order valence-corrected chi connectivity index (χ4v) is 1.51. The Hall–Kier alpha value is -2.57. The normalized spacial score (nSPS) is 10.2. The summed E-state index contributed by atoms with van der Waals surface area (Å²) in [5.74, 6) is 0.00644. The standard InChI is InChI=1S/C10H9N5O2/c1-6-9(15(16)17)8(14-10(11)13-6)7-3-2-4-12-5-7/h2-5H,1H3,(H2,11,13,14). The Bertz CT molecular complexity index is 570. The van der Waals surface area contributed by atoms with E-state index >= 15 is 0 Å². The lowest BCUT2D eigenvalue weighted by molar-refractivity contribution is -0.385. The molecule has 0 bridgehead atoms. The van der Waals surface area contributed by atoms with Crippen molar-refractivity contribution in [1.29, 1.82) is 0 Å². The third-order valence-corrected chi connectivity index (χ3v) is 2.19. The molecule has 0 aliphatic carbocycles. The molecule has 0 aliphatic rings. The summed E-state index contributed by atoms with van der Waals surface area (Å²) < 4.78 is 0. The van der Waals surface area contributed by atoms with E-state index in [1.54, 1.807) is 18.3 Å². The van der Waals surface area contributed by atoms with E-state index < -0.39 is 4.92 Å². The predicted octanol–water partition coefficient (Wildman–Crippen LogP) is 1.34. The smallest absolute Gasteiger partial charge is 0.316 e. The van der Waals surface area contributed by atoms with Crippen molar-refractivity contribution in [2.45, 2.75) is 6.92 Å². The van der Waals surface area contributed by atoms with Gasteiger partial charge in [0.2, 0.25) is 5.95 Å². The SMILES string of the molecule is Cc1nc(N)nc(-c2cccnc2)c1[N+](=O)[O-]. The average molecular weight is 231 g/mol. The summed E-state index contributed by atoms with van der Waals surface area (Å²) in [6.07, 6.45) is 3.07. The van der Waals surface area contributed by atoms with Crippen LogP contribution in [0.1, 0.15) is 5.69 Å². The molecule has 0 atom stereocenters. The molecule has 0 aromatic carbocycles. The van der Waals surface area contributed by atoms with Gasteiger partial charge in [-0.05, 0) is 19.1 Å². The number of nitrogens with zero attached hydrogens (tertiary/aromatic N) is 4. The topological polar surface area (TPSA) is 108 Å². The fraction of sp³-hybridized carbons (Fsp3) is 0.100. The van der Waals surface area contributed by atoms with E-state index in [-0.39, 0.29) is 23.0 Å². The van der Waals surface area contributed by atoms with Crippen LogP contribution in [0.25, 0.3) is 11.3 Å². The number of rotatable bonds is 2. The molecule has 86 valence electrons. The molecule has 7 heteroatoms. The van der Waals surface area contributed by atoms with Gasteiger partial charge in [0.05, 0.1) is 4.92 Å². The molecule has 2 heterocycles. The van der Waals surface area contributed by atoms with Crippen LogP contribution in [0.3, 0.4) is 0 Å². The first-order valence-corrected chi connectivity index (χ1v) is 4.78. The molecule has 7 nitrogen and oxygen atoms in total. The second kappa shape index (κ2) is 4.12. The summed E-state index contributed by atoms with van der Waals surface area (Å²) in [5, 5.41) is 11.0. The van der Waals surface area contributed by atoms with Gasteiger partial charge in [-0.25, -0.2) is 9.97 Å². The van der Waals surface area contributed by atoms with Crippen molar-refractivity contribution in [1.82, 2.24) is 15.0 Å². The molecule has 0 unspecified atom stereocenters. The van der Waals surface area contributed by atoms with Crippen molar-refractivity contribution in [3.8, 4) is 11.3 Å². The number of nitrogens with two attached hydrogens (primary N) is 1. The molecule has 2 aromatic heterocycles. The predicted molar refractivity (Wildman–Crippen MR) is 61.1 cm³/mol. The van der Waals surface area contributed by atoms with Gasteiger partial charge in [-0.3, -0.25) is 15.1 Å². The van der Waals surface area contributed by atoms with E-state index in [4.69, 9.17) is 5.73 Å². The summed E-state index contributed by atoms with van der Waals surface area (Å²) in [5.41, 5.74) is 6.32. The number of aryl methyl sites for hydroxylation is 1. The highest BCUT2D eigenvalue weighted by Crippen LogP contribution is 2.29. The quantitative estimate of drug-likeness (QED) is 0.617. The zero-order valence-corrected chi connectivity index (χ0v) is 8.99. The first kappa shape index (κ1) is 10.9. The molecule has 2 aromatic rings. The Labute approximate surface area is 96.5 Å². The van der Waals surface area contributed by atoms with Crippen molar-refractivity contribution in [3.63, 3.8) is 0 Å². The van der Waals surface area contributed by atoms with Gasteiger partial charge in [-0.15, -0.1) is 0 Å². The minimum absolute atomic E-state index is 0.00644. The highest BCUT2D eigenvalue weighted by Gasteiger charge is 2.22. The van der Waals surface area contributed by atoms with Gasteiger partial charge >= 0.3 is 5.69 Å². The Morgan fingerprint density at radius 1 is 1.41 bits per heavy atom. The first-order chi connectivity index (χ1) is 8.09. The molecule has 0 saturated heterocycles. The van der Waals surface area contributed by atoms with E-state index in [2.05, 4.69) is 15.0 Å². The number of nitro groups is 1. The van der Waals surface area contributed by atoms with Gasteiger partial charge in [0, 0.05) is 18.0 Å². The molecular weight excluding hydrogens is 222 g/mol. The van der Waals surface area contributed by atoms with Crippen LogP contribution in [0.2, 0.25) is 0 Å². The molecule has 0 aliphatic heterocycles. The zero-order chi connectivity index (χ0) is 12.4. The van der Waals surface area contributed by atoms with Gasteiger partial charge in [0.1, 0.15) is 5.69 Å². The van der Waals surface area contributed by atoms with Gasteiger partial charge in [0.15, 0.2) is 5.69 Å². The lowest BCUT2D eigenvalue weighted by Gasteiger charge is -2.04. The number of hydrogen-bond donors (Lipinski definition) is 1. The number of pyridine rings is 1. The minimum Gasteiger partial charge on any atom is -0.368 e. The summed E-state index contributed by atoms with van der Waals surface area (Å²) >= 11 is 0. The lowest BCUT2D eigenvalue weighted by atomic mass is 10.1. The molecular formula is C10H9N5O2. The maximum atomic E-state index is 11.0. The minimum atomic E-state index is -0.517. The molecule has 0 radical (unpaired) electrons. The molecule has 0 fully saturated rings.